The first kappa shape index (κ1) is 17.8. The maximum Gasteiger partial charge on any atom is 0.305 e. The van der Waals surface area contributed by atoms with Crippen LogP contribution in [0.15, 0.2) is 0 Å². The number of aliphatic hydroxyl groups is 2. The summed E-state index contributed by atoms with van der Waals surface area (Å²) in [5.41, 5.74) is 0. The summed E-state index contributed by atoms with van der Waals surface area (Å²) in [6.07, 6.45) is 1.84. The number of ether oxygens (including phenoxy) is 4. The van der Waals surface area contributed by atoms with Gasteiger partial charge in [0.05, 0.1) is 33.0 Å². The minimum absolute atomic E-state index is 0.0109. The van der Waals surface area contributed by atoms with Crippen LogP contribution in [0.25, 0.3) is 0 Å². The quantitative estimate of drug-likeness (QED) is 0.374. The summed E-state index contributed by atoms with van der Waals surface area (Å²) in [6, 6.07) is 0. The summed E-state index contributed by atoms with van der Waals surface area (Å²) >= 11 is 0. The molecule has 0 rings (SSSR count). The number of hydrogen-bond donors (Lipinski definition) is 2. The lowest BCUT2D eigenvalue weighted by Crippen LogP contribution is -2.41. The molecule has 0 spiro atoms. The van der Waals surface area contributed by atoms with E-state index in [2.05, 4.69) is 0 Å². The summed E-state index contributed by atoms with van der Waals surface area (Å²) in [5.74, 6) is -1.68. The van der Waals surface area contributed by atoms with E-state index in [9.17, 15) is 5.11 Å². The van der Waals surface area contributed by atoms with Gasteiger partial charge in [-0.3, -0.25) is 0 Å². The molecule has 110 valence electrons. The van der Waals surface area contributed by atoms with Gasteiger partial charge in [0.15, 0.2) is 0 Å². The van der Waals surface area contributed by atoms with Crippen LogP contribution in [0.1, 0.15) is 26.7 Å². The van der Waals surface area contributed by atoms with Crippen molar-refractivity contribution in [2.24, 2.45) is 0 Å². The minimum Gasteiger partial charge on any atom is -0.394 e. The Hall–Kier alpha value is -0.240. The molecule has 0 bridgehead atoms. The van der Waals surface area contributed by atoms with E-state index in [4.69, 9.17) is 24.1 Å². The highest BCUT2D eigenvalue weighted by molar-refractivity contribution is 4.53. The van der Waals surface area contributed by atoms with E-state index in [1.807, 2.05) is 6.92 Å². The Morgan fingerprint density at radius 1 is 0.944 bits per heavy atom. The second-order valence-electron chi connectivity index (χ2n) is 3.74. The molecule has 2 N–H and O–H groups in total. The van der Waals surface area contributed by atoms with E-state index in [0.717, 1.165) is 12.8 Å². The number of aliphatic hydroxyl groups excluding tert-OH is 1. The topological polar surface area (TPSA) is 77.4 Å². The third-order valence-electron chi connectivity index (χ3n) is 2.09. The molecule has 0 aromatic carbocycles. The van der Waals surface area contributed by atoms with Crippen molar-refractivity contribution in [3.05, 3.63) is 0 Å². The molecule has 0 aliphatic rings. The van der Waals surface area contributed by atoms with Gasteiger partial charge in [-0.1, -0.05) is 13.3 Å². The highest BCUT2D eigenvalue weighted by Gasteiger charge is 2.28. The third kappa shape index (κ3) is 9.76. The molecule has 0 saturated heterocycles. The number of rotatable bonds is 13. The zero-order valence-corrected chi connectivity index (χ0v) is 11.4. The van der Waals surface area contributed by atoms with Crippen LogP contribution < -0.4 is 0 Å². The average Bonchev–Trinajstić information content (AvgIpc) is 2.34. The molecule has 0 aliphatic heterocycles. The van der Waals surface area contributed by atoms with Gasteiger partial charge in [-0.25, -0.2) is 0 Å². The highest BCUT2D eigenvalue weighted by Crippen LogP contribution is 2.11. The van der Waals surface area contributed by atoms with Gasteiger partial charge in [-0.2, -0.15) is 0 Å². The van der Waals surface area contributed by atoms with Crippen molar-refractivity contribution in [1.82, 2.24) is 0 Å². The van der Waals surface area contributed by atoms with Crippen molar-refractivity contribution in [3.63, 3.8) is 0 Å². The van der Waals surface area contributed by atoms with E-state index in [-0.39, 0.29) is 19.8 Å². The molecule has 0 aromatic rings. The fourth-order valence-corrected chi connectivity index (χ4v) is 1.21. The lowest BCUT2D eigenvalue weighted by Gasteiger charge is -2.27. The molecule has 1 atom stereocenters. The lowest BCUT2D eigenvalue weighted by molar-refractivity contribution is -0.375. The third-order valence-corrected chi connectivity index (χ3v) is 2.09. The molecule has 1 unspecified atom stereocenters. The van der Waals surface area contributed by atoms with Gasteiger partial charge < -0.3 is 29.2 Å². The van der Waals surface area contributed by atoms with E-state index < -0.39 is 5.97 Å². The Morgan fingerprint density at radius 2 is 1.67 bits per heavy atom. The van der Waals surface area contributed by atoms with Crippen LogP contribution in [-0.4, -0.2) is 62.4 Å². The van der Waals surface area contributed by atoms with Crippen LogP contribution in [-0.2, 0) is 18.9 Å². The van der Waals surface area contributed by atoms with E-state index in [1.54, 1.807) is 6.92 Å². The van der Waals surface area contributed by atoms with Gasteiger partial charge in [-0.05, 0) is 13.3 Å². The lowest BCUT2D eigenvalue weighted by atomic mass is 10.4. The fraction of sp³-hybridized carbons (Fsp3) is 1.00. The predicted molar refractivity (Wildman–Crippen MR) is 66.2 cm³/mol. The molecule has 6 nitrogen and oxygen atoms in total. The molecule has 0 amide bonds. The van der Waals surface area contributed by atoms with Crippen molar-refractivity contribution < 1.29 is 29.2 Å². The van der Waals surface area contributed by atoms with Gasteiger partial charge in [0, 0.05) is 6.61 Å². The van der Waals surface area contributed by atoms with Crippen molar-refractivity contribution in [2.75, 3.05) is 46.2 Å². The molecule has 18 heavy (non-hydrogen) atoms. The molecular formula is C12H26O6. The number of hydrogen-bond acceptors (Lipinski definition) is 6. The van der Waals surface area contributed by atoms with Crippen LogP contribution in [0, 0.1) is 0 Å². The Kier molecular flexibility index (Phi) is 11.7. The smallest absolute Gasteiger partial charge is 0.305 e. The van der Waals surface area contributed by atoms with Gasteiger partial charge >= 0.3 is 5.97 Å². The zero-order chi connectivity index (χ0) is 13.7. The first-order valence-corrected chi connectivity index (χ1v) is 6.45. The summed E-state index contributed by atoms with van der Waals surface area (Å²) in [4.78, 5) is 0. The molecule has 0 radical (unpaired) electrons. The van der Waals surface area contributed by atoms with Crippen molar-refractivity contribution in [2.45, 2.75) is 32.7 Å². The summed E-state index contributed by atoms with van der Waals surface area (Å²) in [6.45, 7) is 5.47. The van der Waals surface area contributed by atoms with E-state index >= 15 is 0 Å². The Morgan fingerprint density at radius 3 is 2.28 bits per heavy atom. The second kappa shape index (κ2) is 11.8. The van der Waals surface area contributed by atoms with Crippen LogP contribution >= 0.6 is 0 Å². The minimum atomic E-state index is -1.68. The summed E-state index contributed by atoms with van der Waals surface area (Å²) < 4.78 is 20.6. The normalized spacial score (nSPS) is 14.7. The fourth-order valence-electron chi connectivity index (χ4n) is 1.21. The molecule has 0 aromatic heterocycles. The first-order valence-electron chi connectivity index (χ1n) is 6.45. The summed E-state index contributed by atoms with van der Waals surface area (Å²) in [7, 11) is 0. The molecular weight excluding hydrogens is 240 g/mol. The zero-order valence-electron chi connectivity index (χ0n) is 11.4. The predicted octanol–water partition coefficient (Wildman–Crippen LogP) is 0.511. The Labute approximate surface area is 109 Å². The van der Waals surface area contributed by atoms with Crippen LogP contribution in [0.3, 0.4) is 0 Å². The van der Waals surface area contributed by atoms with Crippen LogP contribution in [0.5, 0.6) is 0 Å². The van der Waals surface area contributed by atoms with Crippen molar-refractivity contribution >= 4 is 0 Å². The maximum atomic E-state index is 9.99. The largest absolute Gasteiger partial charge is 0.394 e. The SMILES string of the molecule is CCCCOC(O)(COCCOCCO)OCC. The summed E-state index contributed by atoms with van der Waals surface area (Å²) in [5, 5.41) is 18.5. The molecule has 0 saturated carbocycles. The number of unbranched alkanes of at least 4 members (excludes halogenated alkanes) is 1. The van der Waals surface area contributed by atoms with E-state index in [0.29, 0.717) is 26.4 Å². The maximum absolute atomic E-state index is 9.99. The standard InChI is InChI=1S/C12H26O6/c1-3-5-7-18-12(14,17-4-2)11-16-10-9-15-8-6-13/h13-14H,3-11H2,1-2H3. The second-order valence-corrected chi connectivity index (χ2v) is 3.74. The van der Waals surface area contributed by atoms with Crippen molar-refractivity contribution in [1.29, 1.82) is 0 Å². The van der Waals surface area contributed by atoms with Gasteiger partial charge in [0.25, 0.3) is 0 Å². The Bertz CT molecular complexity index is 178. The van der Waals surface area contributed by atoms with Crippen molar-refractivity contribution in [3.8, 4) is 0 Å². The highest BCUT2D eigenvalue weighted by atomic mass is 16.8. The average molecular weight is 266 g/mol. The van der Waals surface area contributed by atoms with E-state index in [1.165, 1.54) is 0 Å². The molecule has 0 heterocycles. The Balaban J connectivity index is 3.72. The van der Waals surface area contributed by atoms with Gasteiger partial charge in [-0.15, -0.1) is 0 Å². The van der Waals surface area contributed by atoms with Gasteiger partial charge in [0.1, 0.15) is 6.61 Å². The molecule has 6 heteroatoms. The van der Waals surface area contributed by atoms with Crippen LogP contribution in [0.2, 0.25) is 0 Å². The van der Waals surface area contributed by atoms with Crippen LogP contribution in [0.4, 0.5) is 0 Å². The van der Waals surface area contributed by atoms with Gasteiger partial charge in [0.2, 0.25) is 0 Å². The molecule has 0 aliphatic carbocycles. The molecule has 0 fully saturated rings. The monoisotopic (exact) mass is 266 g/mol. The first-order chi connectivity index (χ1) is 8.68.